The molecule has 1 aromatic carbocycles. The maximum atomic E-state index is 12.3. The Morgan fingerprint density at radius 1 is 1.11 bits per heavy atom. The summed E-state index contributed by atoms with van der Waals surface area (Å²) in [5.74, 6) is 6.89. The molecule has 6 rings (SSSR count). The zero-order valence-electron chi connectivity index (χ0n) is 21.4. The molecule has 38 heavy (non-hydrogen) atoms. The van der Waals surface area contributed by atoms with E-state index >= 15 is 0 Å². The monoisotopic (exact) mass is 514 g/mol. The van der Waals surface area contributed by atoms with E-state index in [1.807, 2.05) is 12.1 Å². The number of aliphatic hydroxyl groups is 2. The lowest BCUT2D eigenvalue weighted by Gasteiger charge is -2.38. The molecule has 2 aliphatic rings. The minimum atomic E-state index is -1.51. The van der Waals surface area contributed by atoms with E-state index in [2.05, 4.69) is 32.1 Å². The molecule has 0 spiro atoms. The molecule has 1 saturated carbocycles. The standard InChI is InChI=1S/C28H30N6O4/c1-16-13-23(34-38-16)27(2,35)9-5-17-14-20(21-6-10-30-26(29)31-21)24-22(15-17)32-33-25(24)28(36,18-3-4-18)19-7-11-37-12-8-19/h6,10,13-15,18-19,35-36H,3-4,7-8,11-12H2,1-2H3,(H,32,33)(H2,29,30,31). The number of H-pyrrole nitrogens is 1. The molecule has 2 unspecified atom stereocenters. The number of aromatic amines is 1. The van der Waals surface area contributed by atoms with Crippen LogP contribution in [0.2, 0.25) is 0 Å². The number of benzene rings is 1. The van der Waals surface area contributed by atoms with Crippen LogP contribution in [0.3, 0.4) is 0 Å². The van der Waals surface area contributed by atoms with E-state index in [0.717, 1.165) is 36.6 Å². The number of hydrogen-bond donors (Lipinski definition) is 4. The highest BCUT2D eigenvalue weighted by molar-refractivity contribution is 5.97. The van der Waals surface area contributed by atoms with Crippen LogP contribution in [0.5, 0.6) is 0 Å². The zero-order valence-corrected chi connectivity index (χ0v) is 21.4. The van der Waals surface area contributed by atoms with E-state index in [9.17, 15) is 10.2 Å². The number of nitrogens with two attached hydrogens (primary N) is 1. The Hall–Kier alpha value is -3.78. The van der Waals surface area contributed by atoms with Crippen molar-refractivity contribution in [2.45, 2.75) is 50.7 Å². The predicted octanol–water partition coefficient (Wildman–Crippen LogP) is 3.18. The van der Waals surface area contributed by atoms with E-state index in [0.29, 0.717) is 47.1 Å². The number of anilines is 1. The molecular weight excluding hydrogens is 484 g/mol. The van der Waals surface area contributed by atoms with Crippen molar-refractivity contribution in [2.75, 3.05) is 18.9 Å². The van der Waals surface area contributed by atoms with Gasteiger partial charge in [-0.25, -0.2) is 9.97 Å². The minimum absolute atomic E-state index is 0.0408. The third-order valence-electron chi connectivity index (χ3n) is 7.61. The zero-order chi connectivity index (χ0) is 26.5. The second-order valence-electron chi connectivity index (χ2n) is 10.4. The number of rotatable bonds is 5. The van der Waals surface area contributed by atoms with Crippen LogP contribution in [0.15, 0.2) is 35.0 Å². The van der Waals surface area contributed by atoms with E-state index in [1.54, 1.807) is 32.2 Å². The Balaban J connectivity index is 1.51. The molecule has 196 valence electrons. The van der Waals surface area contributed by atoms with E-state index in [1.165, 1.54) is 0 Å². The average Bonchev–Trinajstić information content (AvgIpc) is 3.54. The molecule has 0 radical (unpaired) electrons. The van der Waals surface area contributed by atoms with Crippen LogP contribution >= 0.6 is 0 Å². The number of fused-ring (bicyclic) bond motifs is 1. The molecule has 10 nitrogen and oxygen atoms in total. The van der Waals surface area contributed by atoms with Crippen LogP contribution in [0, 0.1) is 30.6 Å². The maximum absolute atomic E-state index is 12.3. The largest absolute Gasteiger partial charge is 0.383 e. The van der Waals surface area contributed by atoms with Crippen molar-refractivity contribution in [1.29, 1.82) is 0 Å². The molecule has 10 heteroatoms. The van der Waals surface area contributed by atoms with Gasteiger partial charge in [-0.2, -0.15) is 5.10 Å². The molecule has 2 fully saturated rings. The summed E-state index contributed by atoms with van der Waals surface area (Å²) >= 11 is 0. The Bertz CT molecular complexity index is 1550. The molecule has 4 aromatic rings. The number of ether oxygens (including phenoxy) is 1. The summed E-state index contributed by atoms with van der Waals surface area (Å²) in [6.45, 7) is 4.58. The fraction of sp³-hybridized carbons (Fsp3) is 0.429. The Morgan fingerprint density at radius 2 is 1.87 bits per heavy atom. The normalized spacial score (nSPS) is 19.5. The molecular formula is C28H30N6O4. The predicted molar refractivity (Wildman–Crippen MR) is 139 cm³/mol. The fourth-order valence-corrected chi connectivity index (χ4v) is 5.48. The summed E-state index contributed by atoms with van der Waals surface area (Å²) in [4.78, 5) is 8.52. The first-order valence-corrected chi connectivity index (χ1v) is 12.9. The van der Waals surface area contributed by atoms with Crippen LogP contribution < -0.4 is 5.73 Å². The lowest BCUT2D eigenvalue weighted by atomic mass is 9.75. The molecule has 1 aliphatic carbocycles. The fourth-order valence-electron chi connectivity index (χ4n) is 5.48. The van der Waals surface area contributed by atoms with Crippen LogP contribution in [0.25, 0.3) is 22.2 Å². The molecule has 0 amide bonds. The molecule has 5 N–H and O–H groups in total. The van der Waals surface area contributed by atoms with Gasteiger partial charge in [-0.05, 0) is 69.6 Å². The van der Waals surface area contributed by atoms with Crippen molar-refractivity contribution in [3.05, 3.63) is 53.2 Å². The smallest absolute Gasteiger partial charge is 0.220 e. The summed E-state index contributed by atoms with van der Waals surface area (Å²) in [6.07, 6.45) is 5.07. The lowest BCUT2D eigenvalue weighted by molar-refractivity contribution is -0.0877. The van der Waals surface area contributed by atoms with Crippen molar-refractivity contribution in [1.82, 2.24) is 25.3 Å². The third kappa shape index (κ3) is 4.32. The van der Waals surface area contributed by atoms with E-state index in [-0.39, 0.29) is 17.8 Å². The van der Waals surface area contributed by atoms with Crippen LogP contribution in [0.1, 0.15) is 55.3 Å². The SMILES string of the molecule is Cc1cc(C(C)(O)C#Cc2cc(-c3ccnc(N)n3)c3c(C(O)(C4CCOCC4)C4CC4)n[nH]c3c2)no1. The Kier molecular flexibility index (Phi) is 5.94. The molecule has 1 saturated heterocycles. The average molecular weight is 515 g/mol. The number of aromatic nitrogens is 5. The molecule has 2 atom stereocenters. The van der Waals surface area contributed by atoms with Crippen molar-refractivity contribution >= 4 is 16.9 Å². The van der Waals surface area contributed by atoms with Crippen LogP contribution in [-0.2, 0) is 15.9 Å². The summed E-state index contributed by atoms with van der Waals surface area (Å²) in [6, 6.07) is 7.19. The highest BCUT2D eigenvalue weighted by Crippen LogP contribution is 2.54. The van der Waals surface area contributed by atoms with Crippen LogP contribution in [0.4, 0.5) is 5.95 Å². The Labute approximate surface area is 219 Å². The second kappa shape index (κ2) is 9.20. The molecule has 4 heterocycles. The van der Waals surface area contributed by atoms with Gasteiger partial charge in [-0.15, -0.1) is 0 Å². The van der Waals surface area contributed by atoms with Gasteiger partial charge >= 0.3 is 0 Å². The highest BCUT2D eigenvalue weighted by Gasteiger charge is 2.53. The van der Waals surface area contributed by atoms with Crippen molar-refractivity contribution in [3.8, 4) is 23.1 Å². The summed E-state index contributed by atoms with van der Waals surface area (Å²) in [5, 5.41) is 35.8. The third-order valence-corrected chi connectivity index (χ3v) is 7.61. The van der Waals surface area contributed by atoms with Crippen LogP contribution in [-0.4, -0.2) is 48.7 Å². The van der Waals surface area contributed by atoms with E-state index in [4.69, 9.17) is 20.1 Å². The summed E-state index contributed by atoms with van der Waals surface area (Å²) < 4.78 is 10.7. The van der Waals surface area contributed by atoms with Crippen molar-refractivity contribution < 1.29 is 19.5 Å². The highest BCUT2D eigenvalue weighted by atomic mass is 16.5. The van der Waals surface area contributed by atoms with Gasteiger partial charge in [0.15, 0.2) is 5.60 Å². The molecule has 3 aromatic heterocycles. The van der Waals surface area contributed by atoms with Gasteiger partial charge in [0.2, 0.25) is 5.95 Å². The number of hydrogen-bond acceptors (Lipinski definition) is 9. The molecule has 1 aliphatic heterocycles. The van der Waals surface area contributed by atoms with Gasteiger partial charge in [0.05, 0.1) is 11.2 Å². The number of nitrogens with zero attached hydrogens (tertiary/aromatic N) is 4. The number of nitrogen functional groups attached to an aromatic ring is 1. The first-order valence-electron chi connectivity index (χ1n) is 12.9. The van der Waals surface area contributed by atoms with E-state index < -0.39 is 11.2 Å². The van der Waals surface area contributed by atoms with Gasteiger partial charge in [-0.1, -0.05) is 17.0 Å². The summed E-state index contributed by atoms with van der Waals surface area (Å²) in [5.41, 5.74) is 6.97. The van der Waals surface area contributed by atoms with Crippen molar-refractivity contribution in [2.24, 2.45) is 11.8 Å². The number of aryl methyl sites for hydroxylation is 1. The van der Waals surface area contributed by atoms with Gasteiger partial charge in [0.1, 0.15) is 22.7 Å². The summed E-state index contributed by atoms with van der Waals surface area (Å²) in [7, 11) is 0. The molecule has 0 bridgehead atoms. The van der Waals surface area contributed by atoms with Gasteiger partial charge in [0.25, 0.3) is 0 Å². The quantitative estimate of drug-likeness (QED) is 0.294. The maximum Gasteiger partial charge on any atom is 0.220 e. The first kappa shape index (κ1) is 24.6. The Morgan fingerprint density at radius 3 is 2.55 bits per heavy atom. The van der Waals surface area contributed by atoms with Gasteiger partial charge in [-0.3, -0.25) is 5.10 Å². The van der Waals surface area contributed by atoms with Gasteiger partial charge < -0.3 is 25.2 Å². The topological polar surface area (TPSA) is 156 Å². The second-order valence-corrected chi connectivity index (χ2v) is 10.4. The lowest BCUT2D eigenvalue weighted by Crippen LogP contribution is -2.41. The van der Waals surface area contributed by atoms with Gasteiger partial charge in [0, 0.05) is 42.0 Å². The number of nitrogens with one attached hydrogen (secondary N) is 1. The minimum Gasteiger partial charge on any atom is -0.383 e. The van der Waals surface area contributed by atoms with Crippen molar-refractivity contribution in [3.63, 3.8) is 0 Å². The first-order chi connectivity index (χ1) is 18.3.